The Morgan fingerprint density at radius 3 is 2.61 bits per heavy atom. The molecule has 0 saturated carbocycles. The number of halogens is 2. The van der Waals surface area contributed by atoms with E-state index in [0.717, 1.165) is 32.6 Å². The smallest absolute Gasteiger partial charge is 0.264 e. The monoisotopic (exact) mass is 480 g/mol. The van der Waals surface area contributed by atoms with Gasteiger partial charge in [-0.05, 0) is 71.2 Å². The summed E-state index contributed by atoms with van der Waals surface area (Å²) in [6.45, 7) is 3.69. The molecule has 0 fully saturated rings. The van der Waals surface area contributed by atoms with Crippen LogP contribution < -0.4 is 14.8 Å². The predicted octanol–water partition coefficient (Wildman–Crippen LogP) is 5.87. The molecule has 8 heteroatoms. The normalized spacial score (nSPS) is 10.6. The highest BCUT2D eigenvalue weighted by Gasteiger charge is 2.11. The molecule has 3 aromatic rings. The summed E-state index contributed by atoms with van der Waals surface area (Å²) in [6, 6.07) is 9.32. The van der Waals surface area contributed by atoms with Gasteiger partial charge in [0.2, 0.25) is 0 Å². The van der Waals surface area contributed by atoms with E-state index in [0.29, 0.717) is 15.9 Å². The van der Waals surface area contributed by atoms with Crippen LogP contribution in [0.3, 0.4) is 0 Å². The SMILES string of the molecule is COc1ccc(-c2csc(NC(=O)COc3cc(C)c(Cl)c(C)c3)n2)cc1Br. The quantitative estimate of drug-likeness (QED) is 0.478. The second kappa shape index (κ2) is 8.94. The van der Waals surface area contributed by atoms with E-state index in [-0.39, 0.29) is 12.5 Å². The maximum atomic E-state index is 12.2. The number of benzene rings is 2. The van der Waals surface area contributed by atoms with Crippen LogP contribution >= 0.6 is 38.9 Å². The zero-order chi connectivity index (χ0) is 20.3. The van der Waals surface area contributed by atoms with E-state index in [4.69, 9.17) is 21.1 Å². The second-order valence-corrected chi connectivity index (χ2v) is 8.19. The molecule has 0 aliphatic heterocycles. The maximum Gasteiger partial charge on any atom is 0.264 e. The van der Waals surface area contributed by atoms with Crippen LogP contribution in [0.2, 0.25) is 5.02 Å². The van der Waals surface area contributed by atoms with Gasteiger partial charge in [-0.1, -0.05) is 11.6 Å². The minimum atomic E-state index is -0.276. The van der Waals surface area contributed by atoms with Crippen LogP contribution in [0.25, 0.3) is 11.3 Å². The first kappa shape index (κ1) is 20.6. The van der Waals surface area contributed by atoms with Gasteiger partial charge >= 0.3 is 0 Å². The third-order valence-electron chi connectivity index (χ3n) is 3.98. The first-order chi connectivity index (χ1) is 13.4. The van der Waals surface area contributed by atoms with E-state index in [1.807, 2.05) is 49.6 Å². The number of ether oxygens (including phenoxy) is 2. The molecule has 2 aromatic carbocycles. The average Bonchev–Trinajstić information content (AvgIpc) is 3.12. The number of aromatic nitrogens is 1. The molecule has 0 spiro atoms. The van der Waals surface area contributed by atoms with Crippen molar-refractivity contribution in [1.82, 2.24) is 4.98 Å². The van der Waals surface area contributed by atoms with E-state index in [9.17, 15) is 4.79 Å². The van der Waals surface area contributed by atoms with Gasteiger partial charge in [0.15, 0.2) is 11.7 Å². The van der Waals surface area contributed by atoms with Gasteiger partial charge in [0.25, 0.3) is 5.91 Å². The molecule has 0 bridgehead atoms. The molecular formula is C20H18BrClN2O3S. The van der Waals surface area contributed by atoms with E-state index in [2.05, 4.69) is 26.2 Å². The molecule has 0 saturated heterocycles. The molecule has 5 nitrogen and oxygen atoms in total. The van der Waals surface area contributed by atoms with Crippen molar-refractivity contribution in [3.8, 4) is 22.8 Å². The number of carbonyl (C=O) groups is 1. The Labute approximate surface area is 180 Å². The summed E-state index contributed by atoms with van der Waals surface area (Å²) < 4.78 is 11.7. The van der Waals surface area contributed by atoms with Crippen LogP contribution in [-0.4, -0.2) is 24.6 Å². The maximum absolute atomic E-state index is 12.2. The molecule has 1 heterocycles. The molecule has 1 N–H and O–H groups in total. The van der Waals surface area contributed by atoms with Gasteiger partial charge in [0, 0.05) is 16.0 Å². The first-order valence-corrected chi connectivity index (χ1v) is 10.4. The lowest BCUT2D eigenvalue weighted by molar-refractivity contribution is -0.118. The first-order valence-electron chi connectivity index (χ1n) is 8.36. The highest BCUT2D eigenvalue weighted by Crippen LogP contribution is 2.32. The molecule has 0 radical (unpaired) electrons. The summed E-state index contributed by atoms with van der Waals surface area (Å²) in [5, 5.41) is 5.87. The largest absolute Gasteiger partial charge is 0.496 e. The van der Waals surface area contributed by atoms with Crippen LogP contribution in [0.1, 0.15) is 11.1 Å². The summed E-state index contributed by atoms with van der Waals surface area (Å²) in [6.07, 6.45) is 0. The Morgan fingerprint density at radius 2 is 1.96 bits per heavy atom. The van der Waals surface area contributed by atoms with Crippen molar-refractivity contribution >= 4 is 49.9 Å². The number of aryl methyl sites for hydroxylation is 2. The molecule has 28 heavy (non-hydrogen) atoms. The zero-order valence-electron chi connectivity index (χ0n) is 15.5. The number of methoxy groups -OCH3 is 1. The Balaban J connectivity index is 1.62. The Bertz CT molecular complexity index is 999. The summed E-state index contributed by atoms with van der Waals surface area (Å²) in [4.78, 5) is 16.7. The van der Waals surface area contributed by atoms with Crippen molar-refractivity contribution in [2.75, 3.05) is 19.0 Å². The summed E-state index contributed by atoms with van der Waals surface area (Å²) in [7, 11) is 1.62. The lowest BCUT2D eigenvalue weighted by atomic mass is 10.1. The van der Waals surface area contributed by atoms with Crippen molar-refractivity contribution < 1.29 is 14.3 Å². The third-order valence-corrected chi connectivity index (χ3v) is 5.95. The second-order valence-electron chi connectivity index (χ2n) is 6.10. The zero-order valence-corrected chi connectivity index (χ0v) is 18.7. The van der Waals surface area contributed by atoms with Crippen LogP contribution in [0.15, 0.2) is 40.2 Å². The number of hydrogen-bond acceptors (Lipinski definition) is 5. The Kier molecular flexibility index (Phi) is 6.59. The minimum absolute atomic E-state index is 0.108. The molecule has 0 unspecified atom stereocenters. The highest BCUT2D eigenvalue weighted by atomic mass is 79.9. The van der Waals surface area contributed by atoms with Gasteiger partial charge in [0.05, 0.1) is 17.3 Å². The number of nitrogens with zero attached hydrogens (tertiary/aromatic N) is 1. The predicted molar refractivity (Wildman–Crippen MR) is 117 cm³/mol. The lowest BCUT2D eigenvalue weighted by Gasteiger charge is -2.09. The number of rotatable bonds is 6. The van der Waals surface area contributed by atoms with E-state index in [1.165, 1.54) is 11.3 Å². The Hall–Kier alpha value is -2.09. The third kappa shape index (κ3) is 4.84. The standard InChI is InChI=1S/C20H18BrClN2O3S/c1-11-6-14(7-12(2)19(11)22)27-9-18(25)24-20-23-16(10-28-20)13-4-5-17(26-3)15(21)8-13/h4-8,10H,9H2,1-3H3,(H,23,24,25). The molecule has 1 aromatic heterocycles. The van der Waals surface area contributed by atoms with Gasteiger partial charge in [0.1, 0.15) is 11.5 Å². The van der Waals surface area contributed by atoms with Crippen molar-refractivity contribution in [2.45, 2.75) is 13.8 Å². The Morgan fingerprint density at radius 1 is 1.25 bits per heavy atom. The average molecular weight is 482 g/mol. The number of carbonyl (C=O) groups excluding carboxylic acids is 1. The number of amides is 1. The molecule has 0 atom stereocenters. The van der Waals surface area contributed by atoms with Crippen molar-refractivity contribution in [3.05, 3.63) is 56.3 Å². The highest BCUT2D eigenvalue weighted by molar-refractivity contribution is 9.10. The van der Waals surface area contributed by atoms with Crippen LogP contribution in [0.5, 0.6) is 11.5 Å². The van der Waals surface area contributed by atoms with Crippen LogP contribution in [0, 0.1) is 13.8 Å². The fourth-order valence-electron chi connectivity index (χ4n) is 2.58. The van der Waals surface area contributed by atoms with Crippen molar-refractivity contribution in [1.29, 1.82) is 0 Å². The fourth-order valence-corrected chi connectivity index (χ4v) is 3.97. The van der Waals surface area contributed by atoms with Crippen molar-refractivity contribution in [2.24, 2.45) is 0 Å². The van der Waals surface area contributed by atoms with E-state index in [1.54, 1.807) is 7.11 Å². The molecule has 3 rings (SSSR count). The van der Waals surface area contributed by atoms with Gasteiger partial charge < -0.3 is 9.47 Å². The number of hydrogen-bond donors (Lipinski definition) is 1. The van der Waals surface area contributed by atoms with Crippen LogP contribution in [0.4, 0.5) is 5.13 Å². The van der Waals surface area contributed by atoms with Gasteiger partial charge in [-0.25, -0.2) is 4.98 Å². The number of thiazole rings is 1. The lowest BCUT2D eigenvalue weighted by Crippen LogP contribution is -2.20. The molecular weight excluding hydrogens is 464 g/mol. The van der Waals surface area contributed by atoms with Gasteiger partial charge in [-0.2, -0.15) is 0 Å². The van der Waals surface area contributed by atoms with E-state index >= 15 is 0 Å². The van der Waals surface area contributed by atoms with Crippen LogP contribution in [-0.2, 0) is 4.79 Å². The summed E-state index contributed by atoms with van der Waals surface area (Å²) >= 11 is 11.0. The van der Waals surface area contributed by atoms with E-state index < -0.39 is 0 Å². The van der Waals surface area contributed by atoms with Crippen molar-refractivity contribution in [3.63, 3.8) is 0 Å². The molecule has 0 aliphatic rings. The number of nitrogens with one attached hydrogen (secondary N) is 1. The van der Waals surface area contributed by atoms with Gasteiger partial charge in [-0.3, -0.25) is 10.1 Å². The molecule has 0 aliphatic carbocycles. The fraction of sp³-hybridized carbons (Fsp3) is 0.200. The summed E-state index contributed by atoms with van der Waals surface area (Å²) in [5.74, 6) is 1.08. The minimum Gasteiger partial charge on any atom is -0.496 e. The summed E-state index contributed by atoms with van der Waals surface area (Å²) in [5.41, 5.74) is 3.51. The topological polar surface area (TPSA) is 60.5 Å². The van der Waals surface area contributed by atoms with Gasteiger partial charge in [-0.15, -0.1) is 11.3 Å². The molecule has 146 valence electrons. The molecule has 1 amide bonds. The number of anilines is 1.